The largest absolute Gasteiger partial charge is 0.493 e. The lowest BCUT2D eigenvalue weighted by Crippen LogP contribution is -2.45. The Hall–Kier alpha value is -2.33. The third kappa shape index (κ3) is 7.67. The maximum Gasteiger partial charge on any atom is 0.323 e. The summed E-state index contributed by atoms with van der Waals surface area (Å²) in [6.07, 6.45) is 6.28. The van der Waals surface area contributed by atoms with E-state index in [1.54, 1.807) is 18.3 Å². The molecule has 1 aliphatic rings. The number of halogens is 1. The first-order chi connectivity index (χ1) is 15.4. The highest BCUT2D eigenvalue weighted by Crippen LogP contribution is 2.30. The normalized spacial score (nSPS) is 18.2. The lowest BCUT2D eigenvalue weighted by atomic mass is 9.86. The van der Waals surface area contributed by atoms with E-state index in [0.717, 1.165) is 29.9 Å². The van der Waals surface area contributed by atoms with Gasteiger partial charge in [-0.05, 0) is 50.2 Å². The van der Waals surface area contributed by atoms with Gasteiger partial charge in [-0.3, -0.25) is 10.1 Å². The summed E-state index contributed by atoms with van der Waals surface area (Å²) in [6, 6.07) is 5.96. The van der Waals surface area contributed by atoms with Crippen LogP contribution >= 0.6 is 23.1 Å². The molecule has 2 aromatic rings. The predicted octanol–water partition coefficient (Wildman–Crippen LogP) is 5.34. The fourth-order valence-electron chi connectivity index (χ4n) is 3.67. The fraction of sp³-hybridized carbons (Fsp3) is 0.500. The number of amides is 2. The maximum absolute atomic E-state index is 13.3. The van der Waals surface area contributed by atoms with E-state index in [2.05, 4.69) is 17.2 Å². The molecule has 1 fully saturated rings. The van der Waals surface area contributed by atoms with Crippen LogP contribution in [0.1, 0.15) is 39.0 Å². The number of ether oxygens (including phenoxy) is 1. The van der Waals surface area contributed by atoms with E-state index < -0.39 is 5.97 Å². The second kappa shape index (κ2) is 12.1. The van der Waals surface area contributed by atoms with Crippen molar-refractivity contribution in [2.75, 3.05) is 24.2 Å². The molecule has 7 nitrogen and oxygen atoms in total. The third-order valence-corrected chi connectivity index (χ3v) is 7.42. The van der Waals surface area contributed by atoms with Gasteiger partial charge >= 0.3 is 12.0 Å². The summed E-state index contributed by atoms with van der Waals surface area (Å²) >= 11 is 2.44. The van der Waals surface area contributed by atoms with Gasteiger partial charge in [-0.1, -0.05) is 24.3 Å². The second-order valence-corrected chi connectivity index (χ2v) is 10.2. The van der Waals surface area contributed by atoms with E-state index in [1.807, 2.05) is 4.90 Å². The average Bonchev–Trinajstić information content (AvgIpc) is 3.20. The minimum absolute atomic E-state index is 0.0483. The standard InChI is InChI=1S/C22H28FN3O4S2/c1-15-6-8-17(9-7-15)26(10-3-11-30-18-5-2-4-16(23)12-18)22(29)25-21-24-13-20(32-21)31-14-19(27)28/h2,4-5,12-13,15,17H,3,6-11,14H2,1H3,(H,27,28)(H,24,25,29). The molecule has 0 aliphatic heterocycles. The van der Waals surface area contributed by atoms with Crippen LogP contribution in [0.15, 0.2) is 34.7 Å². The first-order valence-electron chi connectivity index (χ1n) is 10.7. The maximum atomic E-state index is 13.3. The lowest BCUT2D eigenvalue weighted by Gasteiger charge is -2.36. The van der Waals surface area contributed by atoms with Crippen LogP contribution < -0.4 is 10.1 Å². The summed E-state index contributed by atoms with van der Waals surface area (Å²) < 4.78 is 19.7. The molecule has 32 heavy (non-hydrogen) atoms. The van der Waals surface area contributed by atoms with Crippen molar-refractivity contribution in [1.29, 1.82) is 0 Å². The number of urea groups is 1. The number of hydrogen-bond acceptors (Lipinski definition) is 6. The van der Waals surface area contributed by atoms with E-state index in [4.69, 9.17) is 9.84 Å². The average molecular weight is 482 g/mol. The van der Waals surface area contributed by atoms with Crippen LogP contribution in [0.25, 0.3) is 0 Å². The Kier molecular flexibility index (Phi) is 9.16. The minimum Gasteiger partial charge on any atom is -0.493 e. The summed E-state index contributed by atoms with van der Waals surface area (Å²) in [5.41, 5.74) is 0. The highest BCUT2D eigenvalue weighted by molar-refractivity contribution is 8.01. The summed E-state index contributed by atoms with van der Waals surface area (Å²) in [4.78, 5) is 29.9. The molecule has 1 saturated carbocycles. The number of benzene rings is 1. The molecule has 1 aromatic carbocycles. The first-order valence-corrected chi connectivity index (χ1v) is 12.5. The van der Waals surface area contributed by atoms with Crippen molar-refractivity contribution in [3.63, 3.8) is 0 Å². The predicted molar refractivity (Wildman–Crippen MR) is 124 cm³/mol. The van der Waals surface area contributed by atoms with Gasteiger partial charge < -0.3 is 14.7 Å². The van der Waals surface area contributed by atoms with E-state index >= 15 is 0 Å². The van der Waals surface area contributed by atoms with Crippen molar-refractivity contribution < 1.29 is 23.8 Å². The van der Waals surface area contributed by atoms with Crippen LogP contribution in [0.3, 0.4) is 0 Å². The molecule has 0 spiro atoms. The molecular weight excluding hydrogens is 453 g/mol. The zero-order valence-corrected chi connectivity index (χ0v) is 19.6. The number of hydrogen-bond donors (Lipinski definition) is 2. The number of carboxylic acid groups (broad SMARTS) is 1. The monoisotopic (exact) mass is 481 g/mol. The number of thiazole rings is 1. The molecule has 2 N–H and O–H groups in total. The van der Waals surface area contributed by atoms with Crippen molar-refractivity contribution in [2.45, 2.75) is 49.3 Å². The third-order valence-electron chi connectivity index (χ3n) is 5.33. The number of rotatable bonds is 10. The number of nitrogens with one attached hydrogen (secondary N) is 1. The Balaban J connectivity index is 1.56. The second-order valence-electron chi connectivity index (χ2n) is 7.86. The van der Waals surface area contributed by atoms with Gasteiger partial charge in [-0.2, -0.15) is 0 Å². The smallest absolute Gasteiger partial charge is 0.323 e. The Bertz CT molecular complexity index is 903. The highest BCUT2D eigenvalue weighted by Gasteiger charge is 2.28. The SMILES string of the molecule is CC1CCC(N(CCCOc2cccc(F)c2)C(=O)Nc2ncc(SCC(=O)O)s2)CC1. The number of anilines is 1. The number of carbonyl (C=O) groups excluding carboxylic acids is 1. The summed E-state index contributed by atoms with van der Waals surface area (Å²) in [7, 11) is 0. The number of nitrogens with zero attached hydrogens (tertiary/aromatic N) is 2. The van der Waals surface area contributed by atoms with Crippen molar-refractivity contribution in [3.05, 3.63) is 36.3 Å². The van der Waals surface area contributed by atoms with Gasteiger partial charge in [0.05, 0.1) is 22.8 Å². The van der Waals surface area contributed by atoms with Crippen LogP contribution in [0, 0.1) is 11.7 Å². The lowest BCUT2D eigenvalue weighted by molar-refractivity contribution is -0.133. The minimum atomic E-state index is -0.896. The molecule has 0 atom stereocenters. The van der Waals surface area contributed by atoms with Crippen LogP contribution in [-0.4, -0.2) is 51.9 Å². The van der Waals surface area contributed by atoms with Crippen LogP contribution in [-0.2, 0) is 4.79 Å². The van der Waals surface area contributed by atoms with Crippen molar-refractivity contribution in [2.24, 2.45) is 5.92 Å². The number of aliphatic carboxylic acids is 1. The Morgan fingerprint density at radius 3 is 2.84 bits per heavy atom. The Morgan fingerprint density at radius 2 is 2.12 bits per heavy atom. The topological polar surface area (TPSA) is 91.8 Å². The van der Waals surface area contributed by atoms with Crippen LogP contribution in [0.2, 0.25) is 0 Å². The number of carbonyl (C=O) groups is 2. The molecule has 1 heterocycles. The molecule has 0 bridgehead atoms. The molecule has 10 heteroatoms. The highest BCUT2D eigenvalue weighted by atomic mass is 32.2. The molecule has 0 radical (unpaired) electrons. The van der Waals surface area contributed by atoms with Gasteiger partial charge in [0.2, 0.25) is 0 Å². The molecular formula is C22H28FN3O4S2. The van der Waals surface area contributed by atoms with Gasteiger partial charge in [0.15, 0.2) is 5.13 Å². The molecule has 1 aliphatic carbocycles. The van der Waals surface area contributed by atoms with Crippen molar-refractivity contribution in [1.82, 2.24) is 9.88 Å². The molecule has 174 valence electrons. The summed E-state index contributed by atoms with van der Waals surface area (Å²) in [5, 5.41) is 12.1. The first kappa shape index (κ1) is 24.3. The van der Waals surface area contributed by atoms with E-state index in [0.29, 0.717) is 36.4 Å². The van der Waals surface area contributed by atoms with Crippen LogP contribution in [0.4, 0.5) is 14.3 Å². The number of carboxylic acids is 1. The Labute approximate surface area is 195 Å². The van der Waals surface area contributed by atoms with Crippen molar-refractivity contribution >= 4 is 40.2 Å². The van der Waals surface area contributed by atoms with E-state index in [-0.39, 0.29) is 23.6 Å². The number of thioether (sulfide) groups is 1. The zero-order valence-electron chi connectivity index (χ0n) is 18.0. The quantitative estimate of drug-likeness (QED) is 0.352. The molecule has 2 amide bonds. The van der Waals surface area contributed by atoms with E-state index in [9.17, 15) is 14.0 Å². The van der Waals surface area contributed by atoms with Gasteiger partial charge in [0.25, 0.3) is 0 Å². The van der Waals surface area contributed by atoms with Crippen LogP contribution in [0.5, 0.6) is 5.75 Å². The molecule has 0 unspecified atom stereocenters. The van der Waals surface area contributed by atoms with Gasteiger partial charge in [-0.15, -0.1) is 11.8 Å². The number of aromatic nitrogens is 1. The van der Waals surface area contributed by atoms with E-state index in [1.165, 1.54) is 35.2 Å². The van der Waals surface area contributed by atoms with Gasteiger partial charge in [0.1, 0.15) is 11.6 Å². The summed E-state index contributed by atoms with van der Waals surface area (Å²) in [6.45, 7) is 3.13. The zero-order chi connectivity index (χ0) is 22.9. The molecule has 3 rings (SSSR count). The molecule has 1 aromatic heterocycles. The van der Waals surface area contributed by atoms with Gasteiger partial charge in [-0.25, -0.2) is 14.2 Å². The van der Waals surface area contributed by atoms with Crippen molar-refractivity contribution in [3.8, 4) is 5.75 Å². The molecule has 0 saturated heterocycles. The Morgan fingerprint density at radius 1 is 1.34 bits per heavy atom. The summed E-state index contributed by atoms with van der Waals surface area (Å²) in [5.74, 6) is -0.147. The fourth-order valence-corrected chi connectivity index (χ4v) is 5.25. The van der Waals surface area contributed by atoms with Gasteiger partial charge in [0, 0.05) is 18.7 Å².